The lowest BCUT2D eigenvalue weighted by Gasteiger charge is -2.19. The summed E-state index contributed by atoms with van der Waals surface area (Å²) in [5.74, 6) is 0.431. The van der Waals surface area contributed by atoms with Crippen LogP contribution in [-0.4, -0.2) is 42.9 Å². The molecule has 0 saturated heterocycles. The van der Waals surface area contributed by atoms with E-state index in [0.717, 1.165) is 26.1 Å². The first kappa shape index (κ1) is 13.9. The first-order chi connectivity index (χ1) is 8.26. The molecule has 0 heterocycles. The van der Waals surface area contributed by atoms with Gasteiger partial charge in [0.15, 0.2) is 0 Å². The van der Waals surface area contributed by atoms with Crippen LogP contribution in [0.4, 0.5) is 4.39 Å². The highest BCUT2D eigenvalue weighted by Crippen LogP contribution is 2.10. The fourth-order valence-corrected chi connectivity index (χ4v) is 1.55. The van der Waals surface area contributed by atoms with E-state index in [4.69, 9.17) is 9.84 Å². The SMILES string of the molecule is CCN(CCCO)CCOc1ccc(F)cc1. The van der Waals surface area contributed by atoms with Crippen LogP contribution >= 0.6 is 0 Å². The molecule has 0 saturated carbocycles. The molecule has 0 aliphatic heterocycles. The monoisotopic (exact) mass is 241 g/mol. The molecule has 0 fully saturated rings. The maximum absolute atomic E-state index is 12.6. The quantitative estimate of drug-likeness (QED) is 0.754. The van der Waals surface area contributed by atoms with Gasteiger partial charge in [0, 0.05) is 19.7 Å². The Morgan fingerprint density at radius 2 is 1.94 bits per heavy atom. The number of aliphatic hydroxyl groups is 1. The minimum Gasteiger partial charge on any atom is -0.492 e. The third kappa shape index (κ3) is 5.65. The summed E-state index contributed by atoms with van der Waals surface area (Å²) < 4.78 is 18.1. The van der Waals surface area contributed by atoms with E-state index < -0.39 is 0 Å². The molecule has 0 aliphatic carbocycles. The van der Waals surface area contributed by atoms with Gasteiger partial charge in [0.1, 0.15) is 18.2 Å². The van der Waals surface area contributed by atoms with E-state index in [0.29, 0.717) is 12.4 Å². The summed E-state index contributed by atoms with van der Waals surface area (Å²) in [6.45, 7) is 5.50. The highest BCUT2D eigenvalue weighted by Gasteiger charge is 2.02. The molecule has 0 unspecified atom stereocenters. The topological polar surface area (TPSA) is 32.7 Å². The van der Waals surface area contributed by atoms with Gasteiger partial charge in [0.25, 0.3) is 0 Å². The third-order valence-electron chi connectivity index (χ3n) is 2.57. The molecule has 1 N–H and O–H groups in total. The van der Waals surface area contributed by atoms with Crippen molar-refractivity contribution in [1.29, 1.82) is 0 Å². The molecule has 0 aromatic heterocycles. The Kier molecular flexibility index (Phi) is 6.58. The van der Waals surface area contributed by atoms with Crippen molar-refractivity contribution in [3.63, 3.8) is 0 Å². The second kappa shape index (κ2) is 8.03. The number of hydrogen-bond acceptors (Lipinski definition) is 3. The van der Waals surface area contributed by atoms with E-state index in [1.54, 1.807) is 12.1 Å². The van der Waals surface area contributed by atoms with Gasteiger partial charge in [-0.3, -0.25) is 0 Å². The van der Waals surface area contributed by atoms with Crippen LogP contribution in [0.2, 0.25) is 0 Å². The van der Waals surface area contributed by atoms with Gasteiger partial charge >= 0.3 is 0 Å². The minimum absolute atomic E-state index is 0.218. The molecule has 0 radical (unpaired) electrons. The van der Waals surface area contributed by atoms with Gasteiger partial charge < -0.3 is 14.7 Å². The number of benzene rings is 1. The van der Waals surface area contributed by atoms with Crippen molar-refractivity contribution < 1.29 is 14.2 Å². The summed E-state index contributed by atoms with van der Waals surface area (Å²) in [6.07, 6.45) is 0.782. The molecule has 0 spiro atoms. The lowest BCUT2D eigenvalue weighted by Crippen LogP contribution is -2.29. The summed E-state index contributed by atoms with van der Waals surface area (Å²) in [4.78, 5) is 2.21. The zero-order valence-corrected chi connectivity index (χ0v) is 10.2. The second-order valence-corrected chi connectivity index (χ2v) is 3.81. The summed E-state index contributed by atoms with van der Waals surface area (Å²) in [5, 5.41) is 8.75. The molecule has 0 amide bonds. The summed E-state index contributed by atoms with van der Waals surface area (Å²) in [5.41, 5.74) is 0. The molecule has 1 aromatic rings. The highest BCUT2D eigenvalue weighted by molar-refractivity contribution is 5.21. The normalized spacial score (nSPS) is 10.8. The summed E-state index contributed by atoms with van der Waals surface area (Å²) in [7, 11) is 0. The molecule has 0 bridgehead atoms. The predicted molar refractivity (Wildman–Crippen MR) is 65.7 cm³/mol. The number of nitrogens with zero attached hydrogens (tertiary/aromatic N) is 1. The van der Waals surface area contributed by atoms with Crippen molar-refractivity contribution in [2.75, 3.05) is 32.8 Å². The van der Waals surface area contributed by atoms with Crippen molar-refractivity contribution in [2.24, 2.45) is 0 Å². The van der Waals surface area contributed by atoms with Crippen molar-refractivity contribution in [2.45, 2.75) is 13.3 Å². The fourth-order valence-electron chi connectivity index (χ4n) is 1.55. The Hall–Kier alpha value is -1.13. The van der Waals surface area contributed by atoms with Crippen LogP contribution in [-0.2, 0) is 0 Å². The molecule has 17 heavy (non-hydrogen) atoms. The average molecular weight is 241 g/mol. The van der Waals surface area contributed by atoms with Gasteiger partial charge in [-0.1, -0.05) is 6.92 Å². The molecule has 0 aliphatic rings. The Balaban J connectivity index is 2.23. The van der Waals surface area contributed by atoms with Crippen LogP contribution in [0, 0.1) is 5.82 Å². The van der Waals surface area contributed by atoms with Gasteiger partial charge in [-0.2, -0.15) is 0 Å². The maximum atomic E-state index is 12.6. The first-order valence-electron chi connectivity index (χ1n) is 5.98. The van der Waals surface area contributed by atoms with Crippen LogP contribution < -0.4 is 4.74 Å². The van der Waals surface area contributed by atoms with E-state index in [2.05, 4.69) is 11.8 Å². The van der Waals surface area contributed by atoms with Crippen LogP contribution in [0.15, 0.2) is 24.3 Å². The van der Waals surface area contributed by atoms with E-state index in [1.165, 1.54) is 12.1 Å². The zero-order chi connectivity index (χ0) is 12.5. The van der Waals surface area contributed by atoms with E-state index in [-0.39, 0.29) is 12.4 Å². The number of aliphatic hydroxyl groups excluding tert-OH is 1. The van der Waals surface area contributed by atoms with Crippen LogP contribution in [0.3, 0.4) is 0 Å². The molecule has 0 atom stereocenters. The number of likely N-dealkylation sites (N-methyl/N-ethyl adjacent to an activating group) is 1. The molecule has 1 aromatic carbocycles. The Labute approximate surface area is 102 Å². The molecule has 4 heteroatoms. The van der Waals surface area contributed by atoms with E-state index in [9.17, 15) is 4.39 Å². The predicted octanol–water partition coefficient (Wildman–Crippen LogP) is 1.91. The van der Waals surface area contributed by atoms with Gasteiger partial charge in [-0.15, -0.1) is 0 Å². The van der Waals surface area contributed by atoms with Gasteiger partial charge in [0.2, 0.25) is 0 Å². The number of hydrogen-bond donors (Lipinski definition) is 1. The minimum atomic E-state index is -0.254. The standard InChI is InChI=1S/C13H20FNO2/c1-2-15(8-3-10-16)9-11-17-13-6-4-12(14)5-7-13/h4-7,16H,2-3,8-11H2,1H3. The van der Waals surface area contributed by atoms with E-state index >= 15 is 0 Å². The molecule has 96 valence electrons. The molecular formula is C13H20FNO2. The number of ether oxygens (including phenoxy) is 1. The third-order valence-corrected chi connectivity index (χ3v) is 2.57. The smallest absolute Gasteiger partial charge is 0.123 e. The Morgan fingerprint density at radius 1 is 1.24 bits per heavy atom. The molecule has 1 rings (SSSR count). The zero-order valence-electron chi connectivity index (χ0n) is 10.2. The van der Waals surface area contributed by atoms with Crippen LogP contribution in [0.1, 0.15) is 13.3 Å². The second-order valence-electron chi connectivity index (χ2n) is 3.81. The fraction of sp³-hybridized carbons (Fsp3) is 0.538. The lowest BCUT2D eigenvalue weighted by atomic mass is 10.3. The van der Waals surface area contributed by atoms with Crippen molar-refractivity contribution >= 4 is 0 Å². The van der Waals surface area contributed by atoms with Crippen LogP contribution in [0.25, 0.3) is 0 Å². The largest absolute Gasteiger partial charge is 0.492 e. The van der Waals surface area contributed by atoms with E-state index in [1.807, 2.05) is 0 Å². The summed E-state index contributed by atoms with van der Waals surface area (Å²) in [6, 6.07) is 6.02. The molecule has 3 nitrogen and oxygen atoms in total. The number of rotatable bonds is 8. The average Bonchev–Trinajstić information content (AvgIpc) is 2.36. The molecular weight excluding hydrogens is 221 g/mol. The summed E-state index contributed by atoms with van der Waals surface area (Å²) >= 11 is 0. The number of halogens is 1. The Bertz CT molecular complexity index is 303. The van der Waals surface area contributed by atoms with Gasteiger partial charge in [-0.25, -0.2) is 4.39 Å². The van der Waals surface area contributed by atoms with Crippen molar-refractivity contribution in [1.82, 2.24) is 4.90 Å². The van der Waals surface area contributed by atoms with Crippen LogP contribution in [0.5, 0.6) is 5.75 Å². The Morgan fingerprint density at radius 3 is 2.53 bits per heavy atom. The first-order valence-corrected chi connectivity index (χ1v) is 5.98. The highest BCUT2D eigenvalue weighted by atomic mass is 19.1. The lowest BCUT2D eigenvalue weighted by molar-refractivity contribution is 0.195. The van der Waals surface area contributed by atoms with Gasteiger partial charge in [-0.05, 0) is 37.2 Å². The maximum Gasteiger partial charge on any atom is 0.123 e. The van der Waals surface area contributed by atoms with Gasteiger partial charge in [0.05, 0.1) is 0 Å². The van der Waals surface area contributed by atoms with Crippen molar-refractivity contribution in [3.8, 4) is 5.75 Å². The van der Waals surface area contributed by atoms with Crippen molar-refractivity contribution in [3.05, 3.63) is 30.1 Å².